The number of hydrogen-bond donors (Lipinski definition) is 1. The molecule has 6 nitrogen and oxygen atoms in total. The van der Waals surface area contributed by atoms with Crippen LogP contribution < -0.4 is 14.4 Å². The van der Waals surface area contributed by atoms with E-state index in [2.05, 4.69) is 5.32 Å². The number of para-hydroxylation sites is 2. The Balaban J connectivity index is 1.90. The van der Waals surface area contributed by atoms with Crippen LogP contribution in [0.15, 0.2) is 83.8 Å². The molecule has 3 aromatic carbocycles. The van der Waals surface area contributed by atoms with Gasteiger partial charge in [0.1, 0.15) is 5.75 Å². The lowest BCUT2D eigenvalue weighted by molar-refractivity contribution is 0.0940. The first-order valence-electron chi connectivity index (χ1n) is 9.43. The summed E-state index contributed by atoms with van der Waals surface area (Å²) in [6.07, 6.45) is 0. The lowest BCUT2D eigenvalue weighted by Crippen LogP contribution is -2.32. The molecule has 3 aromatic rings. The molecule has 0 aliphatic heterocycles. The standard InChI is InChI=1S/C23H24N2O4S/c1-17(19-13-8-10-16-22(19)29-3)24-23(26)20-14-7-9-15-21(20)25(2)30(27,28)18-11-5-4-6-12-18/h4-17H,1-3H3,(H,24,26)/t17-/m1/s1. The number of nitrogens with zero attached hydrogens (tertiary/aromatic N) is 1. The SMILES string of the molecule is COc1ccccc1[C@@H](C)NC(=O)c1ccccc1N(C)S(=O)(=O)c1ccccc1. The van der Waals surface area contributed by atoms with E-state index in [1.54, 1.807) is 49.6 Å². The molecule has 30 heavy (non-hydrogen) atoms. The summed E-state index contributed by atoms with van der Waals surface area (Å²) in [5.41, 5.74) is 1.39. The number of hydrogen-bond acceptors (Lipinski definition) is 4. The van der Waals surface area contributed by atoms with Gasteiger partial charge in [0.05, 0.1) is 29.3 Å². The fourth-order valence-electron chi connectivity index (χ4n) is 3.20. The first-order chi connectivity index (χ1) is 14.4. The molecule has 7 heteroatoms. The Labute approximate surface area is 177 Å². The van der Waals surface area contributed by atoms with E-state index in [1.165, 1.54) is 19.2 Å². The van der Waals surface area contributed by atoms with Crippen LogP contribution in [0.4, 0.5) is 5.69 Å². The third kappa shape index (κ3) is 4.31. The Morgan fingerprint density at radius 2 is 1.53 bits per heavy atom. The third-order valence-electron chi connectivity index (χ3n) is 4.84. The van der Waals surface area contributed by atoms with Gasteiger partial charge in [-0.05, 0) is 37.3 Å². The molecule has 0 unspecified atom stereocenters. The second-order valence-corrected chi connectivity index (χ2v) is 8.71. The molecule has 0 aliphatic rings. The molecule has 0 radical (unpaired) electrons. The summed E-state index contributed by atoms with van der Waals surface area (Å²) in [6.45, 7) is 1.85. The number of methoxy groups -OCH3 is 1. The zero-order chi connectivity index (χ0) is 21.7. The van der Waals surface area contributed by atoms with E-state index in [0.29, 0.717) is 11.4 Å². The predicted octanol–water partition coefficient (Wildman–Crippen LogP) is 4.01. The monoisotopic (exact) mass is 424 g/mol. The zero-order valence-electron chi connectivity index (χ0n) is 17.1. The minimum atomic E-state index is -3.81. The number of carbonyl (C=O) groups excluding carboxylic acids is 1. The highest BCUT2D eigenvalue weighted by Gasteiger charge is 2.25. The summed E-state index contributed by atoms with van der Waals surface area (Å²) >= 11 is 0. The highest BCUT2D eigenvalue weighted by Crippen LogP contribution is 2.28. The van der Waals surface area contributed by atoms with Crippen molar-refractivity contribution in [1.82, 2.24) is 5.32 Å². The smallest absolute Gasteiger partial charge is 0.264 e. The summed E-state index contributed by atoms with van der Waals surface area (Å²) in [7, 11) is -0.788. The van der Waals surface area contributed by atoms with E-state index in [4.69, 9.17) is 4.74 Å². The van der Waals surface area contributed by atoms with Crippen LogP contribution in [-0.4, -0.2) is 28.5 Å². The molecule has 1 N–H and O–H groups in total. The van der Waals surface area contributed by atoms with Gasteiger partial charge in [0.2, 0.25) is 0 Å². The highest BCUT2D eigenvalue weighted by molar-refractivity contribution is 7.92. The van der Waals surface area contributed by atoms with Crippen molar-refractivity contribution in [2.24, 2.45) is 0 Å². The van der Waals surface area contributed by atoms with Gasteiger partial charge in [-0.25, -0.2) is 8.42 Å². The van der Waals surface area contributed by atoms with Crippen LogP contribution in [0.25, 0.3) is 0 Å². The maximum absolute atomic E-state index is 13.0. The zero-order valence-corrected chi connectivity index (χ0v) is 17.9. The number of sulfonamides is 1. The number of carbonyl (C=O) groups is 1. The van der Waals surface area contributed by atoms with Crippen molar-refractivity contribution >= 4 is 21.6 Å². The molecule has 0 aliphatic carbocycles. The second kappa shape index (κ2) is 9.00. The summed E-state index contributed by atoms with van der Waals surface area (Å²) in [5, 5.41) is 2.93. The normalized spacial score (nSPS) is 12.1. The average molecular weight is 425 g/mol. The van der Waals surface area contributed by atoms with Gasteiger partial charge in [0.25, 0.3) is 15.9 Å². The van der Waals surface area contributed by atoms with E-state index in [-0.39, 0.29) is 22.4 Å². The molecule has 0 fully saturated rings. The first kappa shape index (κ1) is 21.4. The van der Waals surface area contributed by atoms with Crippen molar-refractivity contribution < 1.29 is 17.9 Å². The maximum Gasteiger partial charge on any atom is 0.264 e. The van der Waals surface area contributed by atoms with Crippen LogP contribution >= 0.6 is 0 Å². The van der Waals surface area contributed by atoms with Gasteiger partial charge in [-0.15, -0.1) is 0 Å². The van der Waals surface area contributed by atoms with Crippen LogP contribution in [0, 0.1) is 0 Å². The molecule has 0 saturated carbocycles. The Hall–Kier alpha value is -3.32. The number of anilines is 1. The van der Waals surface area contributed by atoms with Crippen molar-refractivity contribution in [1.29, 1.82) is 0 Å². The molecular weight excluding hydrogens is 400 g/mol. The van der Waals surface area contributed by atoms with Crippen LogP contribution in [-0.2, 0) is 10.0 Å². The molecule has 0 saturated heterocycles. The highest BCUT2D eigenvalue weighted by atomic mass is 32.2. The van der Waals surface area contributed by atoms with Crippen molar-refractivity contribution in [3.8, 4) is 5.75 Å². The van der Waals surface area contributed by atoms with Gasteiger partial charge in [0, 0.05) is 12.6 Å². The maximum atomic E-state index is 13.0. The Kier molecular flexibility index (Phi) is 6.42. The van der Waals surface area contributed by atoms with Gasteiger partial charge in [-0.3, -0.25) is 9.10 Å². The van der Waals surface area contributed by atoms with Crippen molar-refractivity contribution in [2.45, 2.75) is 17.9 Å². The minimum Gasteiger partial charge on any atom is -0.496 e. The number of nitrogens with one attached hydrogen (secondary N) is 1. The Morgan fingerprint density at radius 3 is 2.23 bits per heavy atom. The first-order valence-corrected chi connectivity index (χ1v) is 10.9. The third-order valence-corrected chi connectivity index (χ3v) is 6.63. The van der Waals surface area contributed by atoms with Crippen molar-refractivity contribution in [3.05, 3.63) is 90.0 Å². The molecule has 0 aromatic heterocycles. The van der Waals surface area contributed by atoms with Crippen molar-refractivity contribution in [2.75, 3.05) is 18.5 Å². The van der Waals surface area contributed by atoms with Gasteiger partial charge >= 0.3 is 0 Å². The number of ether oxygens (including phenoxy) is 1. The molecule has 1 amide bonds. The fourth-order valence-corrected chi connectivity index (χ4v) is 4.43. The predicted molar refractivity (Wildman–Crippen MR) is 117 cm³/mol. The fraction of sp³-hybridized carbons (Fsp3) is 0.174. The lowest BCUT2D eigenvalue weighted by Gasteiger charge is -2.23. The summed E-state index contributed by atoms with van der Waals surface area (Å²) < 4.78 is 32.5. The molecule has 156 valence electrons. The van der Waals surface area contributed by atoms with Crippen molar-refractivity contribution in [3.63, 3.8) is 0 Å². The quantitative estimate of drug-likeness (QED) is 0.622. The largest absolute Gasteiger partial charge is 0.496 e. The summed E-state index contributed by atoms with van der Waals surface area (Å²) in [5.74, 6) is 0.293. The lowest BCUT2D eigenvalue weighted by atomic mass is 10.1. The van der Waals surface area contributed by atoms with Gasteiger partial charge in [0.15, 0.2) is 0 Å². The number of benzene rings is 3. The van der Waals surface area contributed by atoms with E-state index < -0.39 is 10.0 Å². The molecule has 0 spiro atoms. The topological polar surface area (TPSA) is 75.7 Å². The minimum absolute atomic E-state index is 0.158. The number of amides is 1. The Bertz CT molecular complexity index is 1130. The van der Waals surface area contributed by atoms with E-state index >= 15 is 0 Å². The summed E-state index contributed by atoms with van der Waals surface area (Å²) in [6, 6.07) is 21.8. The molecule has 3 rings (SSSR count). The van der Waals surface area contributed by atoms with E-state index in [9.17, 15) is 13.2 Å². The van der Waals surface area contributed by atoms with Gasteiger partial charge in [-0.2, -0.15) is 0 Å². The molecule has 0 heterocycles. The Morgan fingerprint density at radius 1 is 0.933 bits per heavy atom. The van der Waals surface area contributed by atoms with Crippen LogP contribution in [0.1, 0.15) is 28.9 Å². The summed E-state index contributed by atoms with van der Waals surface area (Å²) in [4.78, 5) is 13.2. The van der Waals surface area contributed by atoms with E-state index in [0.717, 1.165) is 9.87 Å². The molecule has 0 bridgehead atoms. The van der Waals surface area contributed by atoms with Crippen LogP contribution in [0.3, 0.4) is 0 Å². The van der Waals surface area contributed by atoms with Crippen LogP contribution in [0.5, 0.6) is 5.75 Å². The molecule has 1 atom stereocenters. The van der Waals surface area contributed by atoms with Gasteiger partial charge < -0.3 is 10.1 Å². The number of rotatable bonds is 7. The van der Waals surface area contributed by atoms with E-state index in [1.807, 2.05) is 31.2 Å². The van der Waals surface area contributed by atoms with Gasteiger partial charge in [-0.1, -0.05) is 48.5 Å². The van der Waals surface area contributed by atoms with Crippen LogP contribution in [0.2, 0.25) is 0 Å². The second-order valence-electron chi connectivity index (χ2n) is 6.74. The average Bonchev–Trinajstić information content (AvgIpc) is 2.79. The molecular formula is C23H24N2O4S.